The van der Waals surface area contributed by atoms with E-state index in [-0.39, 0.29) is 34.6 Å². The summed E-state index contributed by atoms with van der Waals surface area (Å²) in [4.78, 5) is 14.6. The lowest BCUT2D eigenvalue weighted by atomic mass is 9.97. The third-order valence-electron chi connectivity index (χ3n) is 4.54. The molecule has 1 heterocycles. The Balaban J connectivity index is 2.13. The second-order valence-corrected chi connectivity index (χ2v) is 8.65. The number of aromatic hydroxyl groups is 1. The molecule has 0 bridgehead atoms. The molecular weight excluding hydrogens is 413 g/mol. The van der Waals surface area contributed by atoms with Gasteiger partial charge in [0.1, 0.15) is 11.3 Å². The maximum atomic E-state index is 15.0. The van der Waals surface area contributed by atoms with Gasteiger partial charge in [0.05, 0.1) is 5.69 Å². The number of benzene rings is 2. The molecule has 1 aromatic heterocycles. The Morgan fingerprint density at radius 2 is 1.90 bits per heavy atom. The van der Waals surface area contributed by atoms with Crippen LogP contribution in [0.2, 0.25) is 0 Å². The van der Waals surface area contributed by atoms with E-state index in [9.17, 15) is 22.7 Å². The number of nitrogens with one attached hydrogen (secondary N) is 2. The SMILES string of the molecule is CNS(=O)(=O)Nc1cccc(Cc2c(CN(C)C)c3ccc(O)cc3oc2=O)c1F. The largest absolute Gasteiger partial charge is 0.508 e. The molecule has 0 unspecified atom stereocenters. The van der Waals surface area contributed by atoms with Gasteiger partial charge in [0, 0.05) is 37.0 Å². The highest BCUT2D eigenvalue weighted by Crippen LogP contribution is 2.28. The van der Waals surface area contributed by atoms with Crippen LogP contribution in [0.5, 0.6) is 5.75 Å². The van der Waals surface area contributed by atoms with Crippen LogP contribution in [0.1, 0.15) is 16.7 Å². The van der Waals surface area contributed by atoms with Crippen molar-refractivity contribution in [3.8, 4) is 5.75 Å². The van der Waals surface area contributed by atoms with Crippen molar-refractivity contribution in [2.45, 2.75) is 13.0 Å². The molecule has 30 heavy (non-hydrogen) atoms. The van der Waals surface area contributed by atoms with E-state index >= 15 is 0 Å². The van der Waals surface area contributed by atoms with Crippen molar-refractivity contribution in [3.63, 3.8) is 0 Å². The van der Waals surface area contributed by atoms with Crippen LogP contribution >= 0.6 is 0 Å². The maximum absolute atomic E-state index is 15.0. The number of anilines is 1. The number of fused-ring (bicyclic) bond motifs is 1. The molecule has 8 nitrogen and oxygen atoms in total. The Kier molecular flexibility index (Phi) is 6.11. The summed E-state index contributed by atoms with van der Waals surface area (Å²) in [5.74, 6) is -0.818. The predicted octanol–water partition coefficient (Wildman–Crippen LogP) is 2.17. The second-order valence-electron chi connectivity index (χ2n) is 7.03. The quantitative estimate of drug-likeness (QED) is 0.491. The minimum atomic E-state index is -3.90. The van der Waals surface area contributed by atoms with Gasteiger partial charge in [-0.2, -0.15) is 8.42 Å². The highest BCUT2D eigenvalue weighted by molar-refractivity contribution is 7.90. The van der Waals surface area contributed by atoms with E-state index in [1.807, 2.05) is 19.0 Å². The van der Waals surface area contributed by atoms with Gasteiger partial charge >= 0.3 is 5.63 Å². The summed E-state index contributed by atoms with van der Waals surface area (Å²) in [5, 5.41) is 10.3. The van der Waals surface area contributed by atoms with E-state index < -0.39 is 21.7 Å². The number of halogens is 1. The normalized spacial score (nSPS) is 11.9. The van der Waals surface area contributed by atoms with Crippen molar-refractivity contribution < 1.29 is 22.3 Å². The molecule has 160 valence electrons. The molecule has 0 amide bonds. The molecule has 0 fully saturated rings. The van der Waals surface area contributed by atoms with Gasteiger partial charge in [0.25, 0.3) is 10.2 Å². The van der Waals surface area contributed by atoms with Crippen LogP contribution in [0.4, 0.5) is 10.1 Å². The molecule has 0 radical (unpaired) electrons. The average Bonchev–Trinajstić information content (AvgIpc) is 2.66. The lowest BCUT2D eigenvalue weighted by molar-refractivity contribution is 0.400. The first-order valence-electron chi connectivity index (χ1n) is 9.02. The molecule has 3 aromatic rings. The van der Waals surface area contributed by atoms with Crippen molar-refractivity contribution >= 4 is 26.9 Å². The molecule has 0 spiro atoms. The van der Waals surface area contributed by atoms with Gasteiger partial charge in [-0.05, 0) is 43.4 Å². The molecule has 10 heteroatoms. The van der Waals surface area contributed by atoms with Crippen molar-refractivity contribution in [1.29, 1.82) is 0 Å². The van der Waals surface area contributed by atoms with E-state index in [1.54, 1.807) is 6.07 Å². The smallest absolute Gasteiger partial charge is 0.340 e. The zero-order valence-corrected chi connectivity index (χ0v) is 17.5. The number of hydrogen-bond donors (Lipinski definition) is 3. The van der Waals surface area contributed by atoms with Crippen LogP contribution in [0, 0.1) is 5.82 Å². The topological polar surface area (TPSA) is 112 Å². The summed E-state index contributed by atoms with van der Waals surface area (Å²) in [5.41, 5.74) is 0.395. The Morgan fingerprint density at radius 1 is 1.17 bits per heavy atom. The Labute approximate surface area is 173 Å². The molecule has 0 saturated heterocycles. The zero-order valence-electron chi connectivity index (χ0n) is 16.7. The van der Waals surface area contributed by atoms with E-state index in [0.29, 0.717) is 17.5 Å². The number of nitrogens with zero attached hydrogens (tertiary/aromatic N) is 1. The highest BCUT2D eigenvalue weighted by atomic mass is 32.2. The predicted molar refractivity (Wildman–Crippen MR) is 112 cm³/mol. The fourth-order valence-electron chi connectivity index (χ4n) is 3.15. The van der Waals surface area contributed by atoms with E-state index in [0.717, 1.165) is 0 Å². The molecule has 0 aliphatic heterocycles. The fourth-order valence-corrected chi connectivity index (χ4v) is 3.70. The van der Waals surface area contributed by atoms with Crippen molar-refractivity contribution in [2.24, 2.45) is 0 Å². The zero-order chi connectivity index (χ0) is 22.1. The van der Waals surface area contributed by atoms with Crippen molar-refractivity contribution in [1.82, 2.24) is 9.62 Å². The summed E-state index contributed by atoms with van der Waals surface area (Å²) in [7, 11) is 0.967. The third kappa shape index (κ3) is 4.61. The molecule has 0 aliphatic carbocycles. The first-order chi connectivity index (χ1) is 14.1. The lowest BCUT2D eigenvalue weighted by Gasteiger charge is -2.16. The van der Waals surface area contributed by atoms with Gasteiger partial charge in [-0.15, -0.1) is 0 Å². The molecule has 2 aromatic carbocycles. The van der Waals surface area contributed by atoms with Crippen LogP contribution in [0.3, 0.4) is 0 Å². The molecule has 0 aliphatic rings. The van der Waals surface area contributed by atoms with Gasteiger partial charge in [0.15, 0.2) is 5.82 Å². The van der Waals surface area contributed by atoms with Crippen molar-refractivity contribution in [3.05, 3.63) is 69.3 Å². The molecule has 3 rings (SSSR count). The Bertz CT molecular complexity index is 1260. The average molecular weight is 435 g/mol. The third-order valence-corrected chi connectivity index (χ3v) is 5.56. The molecule has 0 saturated carbocycles. The van der Waals surface area contributed by atoms with E-state index in [1.165, 1.54) is 37.4 Å². The number of rotatable bonds is 7. The minimum Gasteiger partial charge on any atom is -0.508 e. The summed E-state index contributed by atoms with van der Waals surface area (Å²) >= 11 is 0. The van der Waals surface area contributed by atoms with Crippen LogP contribution in [-0.4, -0.2) is 39.6 Å². The van der Waals surface area contributed by atoms with Crippen LogP contribution in [-0.2, 0) is 23.2 Å². The Hall–Kier alpha value is -2.95. The first kappa shape index (κ1) is 21.8. The van der Waals surface area contributed by atoms with E-state index in [4.69, 9.17) is 4.42 Å². The van der Waals surface area contributed by atoms with Crippen molar-refractivity contribution in [2.75, 3.05) is 25.9 Å². The number of phenols is 1. The standard InChI is InChI=1S/C20H22FN3O5S/c1-22-30(27,28)23-17-6-4-5-12(19(17)21)9-15-16(11-24(2)3)14-8-7-13(25)10-18(14)29-20(15)26/h4-8,10,22-23,25H,9,11H2,1-3H3. The summed E-state index contributed by atoms with van der Waals surface area (Å²) in [6.45, 7) is 0.385. The van der Waals surface area contributed by atoms with Gasteiger partial charge in [-0.25, -0.2) is 13.9 Å². The lowest BCUT2D eigenvalue weighted by Crippen LogP contribution is -2.27. The number of hydrogen-bond acceptors (Lipinski definition) is 6. The number of phenolic OH excluding ortho intramolecular Hbond substituents is 1. The van der Waals surface area contributed by atoms with Gasteiger partial charge in [-0.3, -0.25) is 4.72 Å². The molecule has 3 N–H and O–H groups in total. The maximum Gasteiger partial charge on any atom is 0.340 e. The van der Waals surface area contributed by atoms with E-state index in [2.05, 4.69) is 9.44 Å². The monoisotopic (exact) mass is 435 g/mol. The molecular formula is C20H22FN3O5S. The summed E-state index contributed by atoms with van der Waals surface area (Å²) < 4.78 is 47.9. The fraction of sp³-hybridized carbons (Fsp3) is 0.250. The first-order valence-corrected chi connectivity index (χ1v) is 10.5. The minimum absolute atomic E-state index is 0.0373. The van der Waals surface area contributed by atoms with Gasteiger partial charge < -0.3 is 14.4 Å². The van der Waals surface area contributed by atoms with Gasteiger partial charge in [-0.1, -0.05) is 12.1 Å². The summed E-state index contributed by atoms with van der Waals surface area (Å²) in [6.07, 6.45) is -0.0940. The van der Waals surface area contributed by atoms with Gasteiger partial charge in [0.2, 0.25) is 0 Å². The highest BCUT2D eigenvalue weighted by Gasteiger charge is 2.19. The van der Waals surface area contributed by atoms with Crippen LogP contribution in [0.15, 0.2) is 45.6 Å². The van der Waals surface area contributed by atoms with Crippen LogP contribution in [0.25, 0.3) is 11.0 Å². The molecule has 0 atom stereocenters. The summed E-state index contributed by atoms with van der Waals surface area (Å²) in [6, 6.07) is 8.75. The van der Waals surface area contributed by atoms with Crippen LogP contribution < -0.4 is 15.1 Å². The second kappa shape index (κ2) is 8.42. The Morgan fingerprint density at radius 3 is 2.57 bits per heavy atom.